The Morgan fingerprint density at radius 2 is 2.13 bits per heavy atom. The molecule has 1 aliphatic heterocycles. The molecule has 0 radical (unpaired) electrons. The topological polar surface area (TPSA) is 78.4 Å². The number of benzene rings is 1. The summed E-state index contributed by atoms with van der Waals surface area (Å²) in [6, 6.07) is 6.76. The van der Waals surface area contributed by atoms with Crippen LogP contribution >= 0.6 is 23.1 Å². The number of likely N-dealkylation sites (tertiary alicyclic amines) is 1. The van der Waals surface area contributed by atoms with Crippen LogP contribution in [0, 0.1) is 5.92 Å². The lowest BCUT2D eigenvalue weighted by molar-refractivity contribution is -0.121. The Morgan fingerprint density at radius 1 is 1.39 bits per heavy atom. The second kappa shape index (κ2) is 7.25. The number of nitrogens with zero attached hydrogens (tertiary/aromatic N) is 3. The molecule has 1 aromatic carbocycles. The number of aromatic nitrogens is 2. The lowest BCUT2D eigenvalue weighted by atomic mass is 9.95. The van der Waals surface area contributed by atoms with E-state index in [9.17, 15) is 9.90 Å². The first-order chi connectivity index (χ1) is 11.1. The van der Waals surface area contributed by atoms with Crippen molar-refractivity contribution in [3.8, 4) is 5.75 Å². The predicted molar refractivity (Wildman–Crippen MR) is 89.7 cm³/mol. The summed E-state index contributed by atoms with van der Waals surface area (Å²) in [5.74, 6) is -0.00152. The normalized spacial score (nSPS) is 16.4. The van der Waals surface area contributed by atoms with Gasteiger partial charge in [0.25, 0.3) is 0 Å². The van der Waals surface area contributed by atoms with Crippen molar-refractivity contribution in [2.75, 3.05) is 18.4 Å². The van der Waals surface area contributed by atoms with Crippen molar-refractivity contribution in [1.82, 2.24) is 14.5 Å². The van der Waals surface area contributed by atoms with Gasteiger partial charge in [-0.2, -0.15) is 0 Å². The second-order valence-electron chi connectivity index (χ2n) is 5.55. The number of halogens is 1. The summed E-state index contributed by atoms with van der Waals surface area (Å²) < 4.78 is 4.46. The number of amides is 1. The van der Waals surface area contributed by atoms with Crippen molar-refractivity contribution in [3.05, 3.63) is 34.3 Å². The highest BCUT2D eigenvalue weighted by atomic mass is 35.5. The van der Waals surface area contributed by atoms with E-state index in [2.05, 4.69) is 19.8 Å². The third-order valence-corrected chi connectivity index (χ3v) is 4.99. The number of rotatable bonds is 4. The van der Waals surface area contributed by atoms with Crippen LogP contribution in [-0.2, 0) is 11.3 Å². The van der Waals surface area contributed by atoms with Crippen molar-refractivity contribution < 1.29 is 9.90 Å². The first-order valence-electron chi connectivity index (χ1n) is 7.41. The van der Waals surface area contributed by atoms with Crippen molar-refractivity contribution in [3.63, 3.8) is 0 Å². The number of nitrogens with one attached hydrogen (secondary N) is 1. The molecule has 0 unspecified atom stereocenters. The summed E-state index contributed by atoms with van der Waals surface area (Å²) in [5, 5.41) is 16.5. The van der Waals surface area contributed by atoms with E-state index >= 15 is 0 Å². The highest BCUT2D eigenvalue weighted by Crippen LogP contribution is 2.26. The van der Waals surface area contributed by atoms with Crippen LogP contribution in [-0.4, -0.2) is 38.6 Å². The third kappa shape index (κ3) is 3.99. The molecule has 2 N–H and O–H groups in total. The van der Waals surface area contributed by atoms with Gasteiger partial charge in [0.2, 0.25) is 5.91 Å². The summed E-state index contributed by atoms with van der Waals surface area (Å²) in [6.45, 7) is 2.29. The molecule has 0 aliphatic carbocycles. The summed E-state index contributed by atoms with van der Waals surface area (Å²) in [5.41, 5.74) is 1.26. The van der Waals surface area contributed by atoms with E-state index in [1.54, 1.807) is 24.3 Å². The van der Waals surface area contributed by atoms with Gasteiger partial charge in [0, 0.05) is 24.0 Å². The van der Waals surface area contributed by atoms with Crippen LogP contribution in [0.3, 0.4) is 0 Å². The molecule has 0 spiro atoms. The molecule has 3 rings (SSSR count). The molecule has 0 saturated carbocycles. The lowest BCUT2D eigenvalue weighted by Gasteiger charge is -2.30. The summed E-state index contributed by atoms with van der Waals surface area (Å²) >= 11 is 7.21. The number of aromatic hydroxyl groups is 1. The zero-order valence-electron chi connectivity index (χ0n) is 12.4. The maximum Gasteiger partial charge on any atom is 0.227 e. The third-order valence-electron chi connectivity index (χ3n) is 4.00. The quantitative estimate of drug-likeness (QED) is 0.827. The number of piperidine rings is 1. The Hall–Kier alpha value is -1.70. The number of carbonyl (C=O) groups excluding carboxylic acids is 1. The molecule has 23 heavy (non-hydrogen) atoms. The molecule has 1 amide bonds. The number of phenols is 1. The molecule has 2 aromatic rings. The maximum atomic E-state index is 12.3. The van der Waals surface area contributed by atoms with E-state index < -0.39 is 0 Å². The number of anilines is 1. The Bertz CT molecular complexity index is 686. The van der Waals surface area contributed by atoms with Gasteiger partial charge in [-0.3, -0.25) is 9.69 Å². The minimum atomic E-state index is -0.0464. The fourth-order valence-corrected chi connectivity index (χ4v) is 3.28. The number of phenolic OH excluding ortho intramolecular Hbond substituents is 1. The zero-order valence-corrected chi connectivity index (χ0v) is 14.0. The van der Waals surface area contributed by atoms with Crippen LogP contribution < -0.4 is 5.32 Å². The van der Waals surface area contributed by atoms with Crippen LogP contribution in [0.25, 0.3) is 0 Å². The van der Waals surface area contributed by atoms with Gasteiger partial charge in [0.1, 0.15) is 15.8 Å². The predicted octanol–water partition coefficient (Wildman–Crippen LogP) is 2.75. The minimum Gasteiger partial charge on any atom is -0.506 e. The standard InChI is InChI=1S/C15H17ClN4O2S/c16-14-12(18-19-23-14)9-20-7-5-10(6-8-20)15(22)17-11-3-1-2-4-13(11)21/h1-4,10,21H,5-9H2,(H,17,22). The Kier molecular flexibility index (Phi) is 5.09. The molecule has 0 bridgehead atoms. The van der Waals surface area contributed by atoms with Gasteiger partial charge in [0.15, 0.2) is 0 Å². The van der Waals surface area contributed by atoms with E-state index in [4.69, 9.17) is 11.6 Å². The van der Waals surface area contributed by atoms with Crippen molar-refractivity contribution in [2.45, 2.75) is 19.4 Å². The Morgan fingerprint density at radius 3 is 2.78 bits per heavy atom. The molecule has 1 aliphatic rings. The fourth-order valence-electron chi connectivity index (χ4n) is 2.67. The zero-order chi connectivity index (χ0) is 16.2. The van der Waals surface area contributed by atoms with E-state index in [-0.39, 0.29) is 17.6 Å². The van der Waals surface area contributed by atoms with Gasteiger partial charge in [-0.1, -0.05) is 28.2 Å². The first kappa shape index (κ1) is 16.2. The number of hydrogen-bond acceptors (Lipinski definition) is 6. The van der Waals surface area contributed by atoms with E-state index in [1.807, 2.05) is 0 Å². The van der Waals surface area contributed by atoms with Gasteiger partial charge in [-0.15, -0.1) is 5.10 Å². The summed E-state index contributed by atoms with van der Waals surface area (Å²) in [7, 11) is 0. The monoisotopic (exact) mass is 352 g/mol. The number of para-hydroxylation sites is 2. The molecular formula is C15H17ClN4O2S. The van der Waals surface area contributed by atoms with Crippen LogP contribution in [0.15, 0.2) is 24.3 Å². The van der Waals surface area contributed by atoms with E-state index in [0.29, 0.717) is 16.6 Å². The summed E-state index contributed by atoms with van der Waals surface area (Å²) in [4.78, 5) is 14.5. The van der Waals surface area contributed by atoms with E-state index in [1.165, 1.54) is 11.5 Å². The number of hydrogen-bond donors (Lipinski definition) is 2. The molecule has 1 saturated heterocycles. The Balaban J connectivity index is 1.51. The largest absolute Gasteiger partial charge is 0.506 e. The van der Waals surface area contributed by atoms with Crippen LogP contribution in [0.4, 0.5) is 5.69 Å². The van der Waals surface area contributed by atoms with Gasteiger partial charge < -0.3 is 10.4 Å². The van der Waals surface area contributed by atoms with Gasteiger partial charge in [-0.25, -0.2) is 0 Å². The fraction of sp³-hybridized carbons (Fsp3) is 0.400. The van der Waals surface area contributed by atoms with Crippen molar-refractivity contribution >= 4 is 34.7 Å². The molecule has 1 fully saturated rings. The molecule has 6 nitrogen and oxygen atoms in total. The Labute approximate surface area is 143 Å². The van der Waals surface area contributed by atoms with Crippen LogP contribution in [0.5, 0.6) is 5.75 Å². The summed E-state index contributed by atoms with van der Waals surface area (Å²) in [6.07, 6.45) is 1.54. The molecular weight excluding hydrogens is 336 g/mol. The van der Waals surface area contributed by atoms with Crippen molar-refractivity contribution in [1.29, 1.82) is 0 Å². The smallest absolute Gasteiger partial charge is 0.227 e. The average molecular weight is 353 g/mol. The molecule has 0 atom stereocenters. The SMILES string of the molecule is O=C(Nc1ccccc1O)C1CCN(Cc2nnsc2Cl)CC1. The number of carbonyl (C=O) groups is 1. The van der Waals surface area contributed by atoms with Gasteiger partial charge >= 0.3 is 0 Å². The van der Waals surface area contributed by atoms with E-state index in [0.717, 1.165) is 31.6 Å². The van der Waals surface area contributed by atoms with Crippen LogP contribution in [0.1, 0.15) is 18.5 Å². The highest BCUT2D eigenvalue weighted by molar-refractivity contribution is 7.10. The first-order valence-corrected chi connectivity index (χ1v) is 8.56. The molecule has 8 heteroatoms. The van der Waals surface area contributed by atoms with Gasteiger partial charge in [0.05, 0.1) is 5.69 Å². The molecule has 2 heterocycles. The maximum absolute atomic E-state index is 12.3. The minimum absolute atomic E-state index is 0.0421. The second-order valence-corrected chi connectivity index (χ2v) is 6.91. The molecule has 1 aromatic heterocycles. The highest BCUT2D eigenvalue weighted by Gasteiger charge is 2.26. The van der Waals surface area contributed by atoms with Crippen molar-refractivity contribution in [2.24, 2.45) is 5.92 Å². The lowest BCUT2D eigenvalue weighted by Crippen LogP contribution is -2.37. The van der Waals surface area contributed by atoms with Crippen LogP contribution in [0.2, 0.25) is 4.34 Å². The molecule has 122 valence electrons. The average Bonchev–Trinajstić information content (AvgIpc) is 2.95. The van der Waals surface area contributed by atoms with Gasteiger partial charge in [-0.05, 0) is 38.1 Å².